The van der Waals surface area contributed by atoms with Crippen molar-refractivity contribution in [2.75, 3.05) is 19.3 Å². The lowest BCUT2D eigenvalue weighted by Crippen LogP contribution is -2.35. The number of hydrogen-bond donors (Lipinski definition) is 3. The molecule has 0 aliphatic carbocycles. The molecule has 0 radical (unpaired) electrons. The molecular formula is C16H24N2O5S. The van der Waals surface area contributed by atoms with Gasteiger partial charge in [0.2, 0.25) is 0 Å². The number of thioether (sulfide) groups is 1. The Morgan fingerprint density at radius 1 is 1.42 bits per heavy atom. The maximum absolute atomic E-state index is 9.66. The highest BCUT2D eigenvalue weighted by Gasteiger charge is 2.06. The van der Waals surface area contributed by atoms with Crippen molar-refractivity contribution >= 4 is 24.2 Å². The van der Waals surface area contributed by atoms with Crippen LogP contribution in [0.1, 0.15) is 11.1 Å². The SMILES string of the molecule is Cc1ccc(SCC(O)CN(C)N)cc1C.O=CO/C=C/C(=O)O. The second kappa shape index (κ2) is 12.5. The van der Waals surface area contributed by atoms with Crippen LogP contribution in [0.2, 0.25) is 0 Å². The van der Waals surface area contributed by atoms with Gasteiger partial charge in [0.15, 0.2) is 0 Å². The minimum absolute atomic E-state index is 0.138. The normalized spacial score (nSPS) is 11.8. The summed E-state index contributed by atoms with van der Waals surface area (Å²) in [6.07, 6.45) is 1.12. The second-order valence-electron chi connectivity index (χ2n) is 5.02. The van der Waals surface area contributed by atoms with Gasteiger partial charge in [-0.05, 0) is 37.1 Å². The number of ether oxygens (including phenoxy) is 1. The number of rotatable bonds is 8. The molecule has 7 nitrogen and oxygen atoms in total. The van der Waals surface area contributed by atoms with Crippen LogP contribution in [0.25, 0.3) is 0 Å². The molecule has 0 aliphatic heterocycles. The molecule has 0 amide bonds. The zero-order chi connectivity index (χ0) is 18.5. The standard InChI is InChI=1S/C12H20N2OS.C4H4O4/c1-9-4-5-12(6-10(9)2)16-8-11(15)7-14(3)13;5-3-8-2-1-4(6)7/h4-6,11,15H,7-8,13H2,1-3H3;1-3H,(H,6,7)/b;2-1+. The van der Waals surface area contributed by atoms with Gasteiger partial charge in [-0.1, -0.05) is 6.07 Å². The molecule has 1 rings (SSSR count). The maximum atomic E-state index is 9.66. The summed E-state index contributed by atoms with van der Waals surface area (Å²) in [6, 6.07) is 6.35. The molecule has 8 heteroatoms. The largest absolute Gasteiger partial charge is 0.478 e. The summed E-state index contributed by atoms with van der Waals surface area (Å²) in [7, 11) is 1.75. The average Bonchev–Trinajstić information content (AvgIpc) is 2.48. The lowest BCUT2D eigenvalue weighted by molar-refractivity contribution is -0.131. The molecule has 0 fully saturated rings. The van der Waals surface area contributed by atoms with Gasteiger partial charge in [-0.3, -0.25) is 10.6 Å². The molecule has 1 aromatic rings. The third kappa shape index (κ3) is 11.7. The zero-order valence-electron chi connectivity index (χ0n) is 14.0. The van der Waals surface area contributed by atoms with Crippen LogP contribution in [-0.4, -0.2) is 53.1 Å². The number of carbonyl (C=O) groups excluding carboxylic acids is 1. The Kier molecular flexibility index (Phi) is 11.6. The smallest absolute Gasteiger partial charge is 0.331 e. The highest BCUT2D eigenvalue weighted by atomic mass is 32.2. The predicted molar refractivity (Wildman–Crippen MR) is 93.4 cm³/mol. The lowest BCUT2D eigenvalue weighted by Gasteiger charge is -2.15. The fourth-order valence-electron chi connectivity index (χ4n) is 1.51. The van der Waals surface area contributed by atoms with Crippen LogP contribution in [0.15, 0.2) is 35.4 Å². The van der Waals surface area contributed by atoms with Crippen LogP contribution in [0, 0.1) is 13.8 Å². The minimum Gasteiger partial charge on any atom is -0.478 e. The number of nitrogens with two attached hydrogens (primary N) is 1. The molecule has 1 unspecified atom stereocenters. The Labute approximate surface area is 146 Å². The number of hydrazine groups is 1. The number of carbonyl (C=O) groups is 2. The van der Waals surface area contributed by atoms with E-state index < -0.39 is 5.97 Å². The maximum Gasteiger partial charge on any atom is 0.331 e. The van der Waals surface area contributed by atoms with Crippen molar-refractivity contribution in [1.29, 1.82) is 0 Å². The quantitative estimate of drug-likeness (QED) is 0.160. The molecule has 0 spiro atoms. The number of aryl methyl sites for hydroxylation is 2. The van der Waals surface area contributed by atoms with E-state index in [1.165, 1.54) is 21.0 Å². The van der Waals surface area contributed by atoms with Crippen LogP contribution in [-0.2, 0) is 14.3 Å². The van der Waals surface area contributed by atoms with Gasteiger partial charge in [0, 0.05) is 24.2 Å². The number of nitrogens with zero attached hydrogens (tertiary/aromatic N) is 1. The van der Waals surface area contributed by atoms with Gasteiger partial charge in [-0.15, -0.1) is 11.8 Å². The monoisotopic (exact) mass is 356 g/mol. The molecule has 0 aromatic heterocycles. The number of benzene rings is 1. The summed E-state index contributed by atoms with van der Waals surface area (Å²) in [4.78, 5) is 20.1. The summed E-state index contributed by atoms with van der Waals surface area (Å²) in [5.74, 6) is 4.99. The fourth-order valence-corrected chi connectivity index (χ4v) is 2.43. The molecule has 1 atom stereocenters. The van der Waals surface area contributed by atoms with E-state index in [0.29, 0.717) is 18.4 Å². The summed E-state index contributed by atoms with van der Waals surface area (Å²) in [5.41, 5.74) is 2.59. The van der Waals surface area contributed by atoms with Gasteiger partial charge in [0.1, 0.15) is 6.26 Å². The highest BCUT2D eigenvalue weighted by Crippen LogP contribution is 2.21. The van der Waals surface area contributed by atoms with Crippen LogP contribution in [0.3, 0.4) is 0 Å². The highest BCUT2D eigenvalue weighted by molar-refractivity contribution is 7.99. The zero-order valence-corrected chi connectivity index (χ0v) is 14.8. The van der Waals surface area contributed by atoms with Crippen molar-refractivity contribution in [2.24, 2.45) is 5.84 Å². The first-order valence-corrected chi connectivity index (χ1v) is 8.07. The van der Waals surface area contributed by atoms with E-state index in [-0.39, 0.29) is 12.6 Å². The predicted octanol–water partition coefficient (Wildman–Crippen LogP) is 1.32. The summed E-state index contributed by atoms with van der Waals surface area (Å²) in [6.45, 7) is 4.84. The molecule has 0 aliphatic rings. The first-order valence-electron chi connectivity index (χ1n) is 7.08. The van der Waals surface area contributed by atoms with E-state index in [4.69, 9.17) is 10.9 Å². The number of carboxylic acid groups (broad SMARTS) is 1. The topological polar surface area (TPSA) is 113 Å². The molecule has 134 valence electrons. The van der Waals surface area contributed by atoms with Gasteiger partial charge in [0.25, 0.3) is 6.47 Å². The Morgan fingerprint density at radius 2 is 2.08 bits per heavy atom. The molecule has 0 heterocycles. The van der Waals surface area contributed by atoms with Crippen molar-refractivity contribution < 1.29 is 24.5 Å². The third-order valence-electron chi connectivity index (χ3n) is 2.76. The molecule has 4 N–H and O–H groups in total. The minimum atomic E-state index is -1.15. The number of likely N-dealkylation sites (N-methyl/N-ethyl adjacent to an activating group) is 1. The van der Waals surface area contributed by atoms with Gasteiger partial charge in [-0.25, -0.2) is 9.80 Å². The van der Waals surface area contributed by atoms with Crippen LogP contribution in [0.5, 0.6) is 0 Å². The van der Waals surface area contributed by atoms with E-state index >= 15 is 0 Å². The number of aliphatic hydroxyl groups is 1. The van der Waals surface area contributed by atoms with E-state index in [9.17, 15) is 14.7 Å². The average molecular weight is 356 g/mol. The van der Waals surface area contributed by atoms with Crippen molar-refractivity contribution in [3.63, 3.8) is 0 Å². The van der Waals surface area contributed by atoms with E-state index in [1.807, 2.05) is 0 Å². The van der Waals surface area contributed by atoms with Gasteiger partial charge < -0.3 is 14.9 Å². The molecule has 24 heavy (non-hydrogen) atoms. The van der Waals surface area contributed by atoms with Crippen molar-refractivity contribution in [1.82, 2.24) is 5.01 Å². The Balaban J connectivity index is 0.000000561. The van der Waals surface area contributed by atoms with Crippen LogP contribution in [0.4, 0.5) is 0 Å². The van der Waals surface area contributed by atoms with Crippen molar-refractivity contribution in [3.05, 3.63) is 41.7 Å². The fraction of sp³-hybridized carbons (Fsp3) is 0.375. The first kappa shape index (κ1) is 22.1. The van der Waals surface area contributed by atoms with Gasteiger partial charge in [0.05, 0.1) is 12.2 Å². The molecular weight excluding hydrogens is 332 g/mol. The first-order chi connectivity index (χ1) is 11.3. The molecule has 0 bridgehead atoms. The van der Waals surface area contributed by atoms with E-state index in [1.54, 1.807) is 18.8 Å². The van der Waals surface area contributed by atoms with Crippen LogP contribution < -0.4 is 5.84 Å². The Bertz CT molecular complexity index is 549. The Morgan fingerprint density at radius 3 is 2.58 bits per heavy atom. The molecule has 1 aromatic carbocycles. The van der Waals surface area contributed by atoms with Gasteiger partial charge in [-0.2, -0.15) is 0 Å². The third-order valence-corrected chi connectivity index (χ3v) is 3.90. The molecule has 0 saturated carbocycles. The summed E-state index contributed by atoms with van der Waals surface area (Å²) in [5, 5.41) is 19.0. The van der Waals surface area contributed by atoms with E-state index in [0.717, 1.165) is 6.26 Å². The number of aliphatic carboxylic acids is 1. The summed E-state index contributed by atoms with van der Waals surface area (Å²) >= 11 is 1.66. The lowest BCUT2D eigenvalue weighted by atomic mass is 10.1. The number of carboxylic acids is 1. The number of aliphatic hydroxyl groups excluding tert-OH is 1. The van der Waals surface area contributed by atoms with Crippen LogP contribution >= 0.6 is 11.8 Å². The Hall–Kier alpha value is -1.87. The van der Waals surface area contributed by atoms with E-state index in [2.05, 4.69) is 36.8 Å². The van der Waals surface area contributed by atoms with Gasteiger partial charge >= 0.3 is 5.97 Å². The number of hydrogen-bond acceptors (Lipinski definition) is 7. The van der Waals surface area contributed by atoms with Crippen molar-refractivity contribution in [3.8, 4) is 0 Å². The summed E-state index contributed by atoms with van der Waals surface area (Å²) < 4.78 is 3.90. The second-order valence-corrected chi connectivity index (χ2v) is 6.12. The molecule has 0 saturated heterocycles. The van der Waals surface area contributed by atoms with Crippen molar-refractivity contribution in [2.45, 2.75) is 24.8 Å².